The van der Waals surface area contributed by atoms with E-state index in [0.29, 0.717) is 16.5 Å². The van der Waals surface area contributed by atoms with Crippen molar-refractivity contribution in [3.05, 3.63) is 57.1 Å². The Bertz CT molecular complexity index is 589. The average molecular weight is 388 g/mol. The SMILES string of the molecule is O=C(COc1cccc(I)c1)Nc1cccc(Cl)c1. The average Bonchev–Trinajstić information content (AvgIpc) is 2.36. The molecule has 0 aliphatic rings. The molecule has 0 aliphatic heterocycles. The molecule has 0 spiro atoms. The fraction of sp³-hybridized carbons (Fsp3) is 0.0714. The first-order valence-electron chi connectivity index (χ1n) is 5.57. The van der Waals surface area contributed by atoms with Crippen LogP contribution in [0.25, 0.3) is 0 Å². The molecule has 0 saturated carbocycles. The van der Waals surface area contributed by atoms with Gasteiger partial charge in [-0.25, -0.2) is 0 Å². The van der Waals surface area contributed by atoms with Crippen molar-refractivity contribution < 1.29 is 9.53 Å². The molecule has 0 saturated heterocycles. The van der Waals surface area contributed by atoms with Crippen molar-refractivity contribution in [3.8, 4) is 5.75 Å². The Kier molecular flexibility index (Phi) is 5.04. The highest BCUT2D eigenvalue weighted by Crippen LogP contribution is 2.16. The molecule has 2 aromatic carbocycles. The summed E-state index contributed by atoms with van der Waals surface area (Å²) in [6, 6.07) is 14.5. The highest BCUT2D eigenvalue weighted by Gasteiger charge is 2.04. The van der Waals surface area contributed by atoms with Gasteiger partial charge in [0.05, 0.1) is 0 Å². The van der Waals surface area contributed by atoms with E-state index >= 15 is 0 Å². The summed E-state index contributed by atoms with van der Waals surface area (Å²) in [6.45, 7) is -0.0351. The summed E-state index contributed by atoms with van der Waals surface area (Å²) in [5.74, 6) is 0.453. The van der Waals surface area contributed by atoms with Crippen LogP contribution in [0.3, 0.4) is 0 Å². The fourth-order valence-electron chi connectivity index (χ4n) is 1.47. The highest BCUT2D eigenvalue weighted by molar-refractivity contribution is 14.1. The predicted molar refractivity (Wildman–Crippen MR) is 84.7 cm³/mol. The summed E-state index contributed by atoms with van der Waals surface area (Å²) in [6.07, 6.45) is 0. The van der Waals surface area contributed by atoms with Crippen molar-refractivity contribution in [3.63, 3.8) is 0 Å². The fourth-order valence-corrected chi connectivity index (χ4v) is 2.17. The second-order valence-corrected chi connectivity index (χ2v) is 5.49. The number of carbonyl (C=O) groups is 1. The molecule has 0 fully saturated rings. The molecular formula is C14H11ClINO2. The molecule has 0 heterocycles. The van der Waals surface area contributed by atoms with Crippen molar-refractivity contribution in [2.24, 2.45) is 0 Å². The molecule has 0 bridgehead atoms. The maximum Gasteiger partial charge on any atom is 0.262 e. The van der Waals surface area contributed by atoms with E-state index < -0.39 is 0 Å². The summed E-state index contributed by atoms with van der Waals surface area (Å²) in [4.78, 5) is 11.7. The Labute approximate surface area is 130 Å². The zero-order chi connectivity index (χ0) is 13.7. The number of amides is 1. The van der Waals surface area contributed by atoms with Crippen LogP contribution in [0.2, 0.25) is 5.02 Å². The predicted octanol–water partition coefficient (Wildman–Crippen LogP) is 3.96. The number of ether oxygens (including phenoxy) is 1. The van der Waals surface area contributed by atoms with Crippen LogP contribution in [-0.4, -0.2) is 12.5 Å². The molecule has 2 rings (SSSR count). The van der Waals surface area contributed by atoms with Crippen LogP contribution < -0.4 is 10.1 Å². The van der Waals surface area contributed by atoms with Gasteiger partial charge < -0.3 is 10.1 Å². The van der Waals surface area contributed by atoms with Gasteiger partial charge in [-0.1, -0.05) is 23.7 Å². The molecule has 0 atom stereocenters. The lowest BCUT2D eigenvalue weighted by molar-refractivity contribution is -0.118. The van der Waals surface area contributed by atoms with E-state index in [0.717, 1.165) is 3.57 Å². The smallest absolute Gasteiger partial charge is 0.262 e. The zero-order valence-corrected chi connectivity index (χ0v) is 12.8. The van der Waals surface area contributed by atoms with E-state index in [1.807, 2.05) is 24.3 Å². The summed E-state index contributed by atoms with van der Waals surface area (Å²) < 4.78 is 6.46. The van der Waals surface area contributed by atoms with E-state index in [2.05, 4.69) is 27.9 Å². The lowest BCUT2D eigenvalue weighted by Crippen LogP contribution is -2.20. The van der Waals surface area contributed by atoms with Crippen LogP contribution in [0.1, 0.15) is 0 Å². The quantitative estimate of drug-likeness (QED) is 0.807. The molecule has 0 aromatic heterocycles. The number of halogens is 2. The summed E-state index contributed by atoms with van der Waals surface area (Å²) in [7, 11) is 0. The lowest BCUT2D eigenvalue weighted by Gasteiger charge is -2.08. The Balaban J connectivity index is 1.88. The second kappa shape index (κ2) is 6.77. The van der Waals surface area contributed by atoms with E-state index in [-0.39, 0.29) is 12.5 Å². The Morgan fingerprint density at radius 1 is 1.21 bits per heavy atom. The first kappa shape index (κ1) is 14.1. The van der Waals surface area contributed by atoms with Gasteiger partial charge >= 0.3 is 0 Å². The lowest BCUT2D eigenvalue weighted by atomic mass is 10.3. The number of hydrogen-bond acceptors (Lipinski definition) is 2. The van der Waals surface area contributed by atoms with Gasteiger partial charge in [0.1, 0.15) is 5.75 Å². The van der Waals surface area contributed by atoms with Gasteiger partial charge in [-0.05, 0) is 59.0 Å². The first-order chi connectivity index (χ1) is 9.13. The van der Waals surface area contributed by atoms with Crippen molar-refractivity contribution in [1.29, 1.82) is 0 Å². The number of anilines is 1. The number of benzene rings is 2. The monoisotopic (exact) mass is 387 g/mol. The third-order valence-electron chi connectivity index (χ3n) is 2.27. The van der Waals surface area contributed by atoms with Gasteiger partial charge in [0.2, 0.25) is 0 Å². The molecular weight excluding hydrogens is 377 g/mol. The van der Waals surface area contributed by atoms with Crippen LogP contribution in [0.15, 0.2) is 48.5 Å². The largest absolute Gasteiger partial charge is 0.484 e. The molecule has 19 heavy (non-hydrogen) atoms. The van der Waals surface area contributed by atoms with Crippen LogP contribution in [0.5, 0.6) is 5.75 Å². The number of carbonyl (C=O) groups excluding carboxylic acids is 1. The molecule has 0 aliphatic carbocycles. The maximum absolute atomic E-state index is 11.7. The van der Waals surface area contributed by atoms with Gasteiger partial charge in [0.15, 0.2) is 6.61 Å². The summed E-state index contributed by atoms with van der Waals surface area (Å²) in [5, 5.41) is 3.30. The number of nitrogens with one attached hydrogen (secondary N) is 1. The maximum atomic E-state index is 11.7. The second-order valence-electron chi connectivity index (χ2n) is 3.80. The van der Waals surface area contributed by atoms with Crippen LogP contribution in [0, 0.1) is 3.57 Å². The van der Waals surface area contributed by atoms with E-state index in [1.165, 1.54) is 0 Å². The molecule has 3 nitrogen and oxygen atoms in total. The van der Waals surface area contributed by atoms with Crippen LogP contribution in [-0.2, 0) is 4.79 Å². The topological polar surface area (TPSA) is 38.3 Å². The van der Waals surface area contributed by atoms with Gasteiger partial charge in [-0.2, -0.15) is 0 Å². The minimum Gasteiger partial charge on any atom is -0.484 e. The summed E-state index contributed by atoms with van der Waals surface area (Å²) in [5.41, 5.74) is 0.656. The number of rotatable bonds is 4. The van der Waals surface area contributed by atoms with Gasteiger partial charge in [-0.15, -0.1) is 0 Å². The van der Waals surface area contributed by atoms with Crippen molar-refractivity contribution in [2.45, 2.75) is 0 Å². The Hall–Kier alpha value is -1.27. The minimum absolute atomic E-state index is 0.0351. The first-order valence-corrected chi connectivity index (χ1v) is 7.03. The van der Waals surface area contributed by atoms with E-state index in [9.17, 15) is 4.79 Å². The van der Waals surface area contributed by atoms with E-state index in [1.54, 1.807) is 24.3 Å². The highest BCUT2D eigenvalue weighted by atomic mass is 127. The molecule has 1 amide bonds. The Morgan fingerprint density at radius 2 is 2.00 bits per heavy atom. The third kappa shape index (κ3) is 4.72. The number of hydrogen-bond donors (Lipinski definition) is 1. The standard InChI is InChI=1S/C14H11ClINO2/c15-10-3-1-5-12(7-10)17-14(18)9-19-13-6-2-4-11(16)8-13/h1-8H,9H2,(H,17,18). The molecule has 0 unspecified atom stereocenters. The Morgan fingerprint density at radius 3 is 2.74 bits per heavy atom. The van der Waals surface area contributed by atoms with Crippen molar-refractivity contribution in [2.75, 3.05) is 11.9 Å². The van der Waals surface area contributed by atoms with Crippen molar-refractivity contribution >= 4 is 45.8 Å². The normalized spacial score (nSPS) is 10.0. The van der Waals surface area contributed by atoms with Gasteiger partial charge in [0.25, 0.3) is 5.91 Å². The molecule has 0 radical (unpaired) electrons. The van der Waals surface area contributed by atoms with Crippen LogP contribution in [0.4, 0.5) is 5.69 Å². The van der Waals surface area contributed by atoms with Crippen molar-refractivity contribution in [1.82, 2.24) is 0 Å². The minimum atomic E-state index is -0.221. The molecule has 98 valence electrons. The molecule has 1 N–H and O–H groups in total. The third-order valence-corrected chi connectivity index (χ3v) is 3.18. The van der Waals surface area contributed by atoms with E-state index in [4.69, 9.17) is 16.3 Å². The molecule has 5 heteroatoms. The van der Waals surface area contributed by atoms with Crippen LogP contribution >= 0.6 is 34.2 Å². The summed E-state index contributed by atoms with van der Waals surface area (Å²) >= 11 is 8.02. The molecule has 2 aromatic rings. The van der Waals surface area contributed by atoms with Gasteiger partial charge in [0, 0.05) is 14.3 Å². The zero-order valence-electron chi connectivity index (χ0n) is 9.90. The van der Waals surface area contributed by atoms with Gasteiger partial charge in [-0.3, -0.25) is 4.79 Å².